The summed E-state index contributed by atoms with van der Waals surface area (Å²) in [5, 5.41) is 14.0. The first-order chi connectivity index (χ1) is 9.02. The van der Waals surface area contributed by atoms with Crippen LogP contribution in [0.15, 0.2) is 33.2 Å². The Balaban J connectivity index is 2.26. The van der Waals surface area contributed by atoms with Crippen molar-refractivity contribution in [2.75, 3.05) is 6.61 Å². The number of rotatable bonds is 4. The Morgan fingerprint density at radius 1 is 1.26 bits per heavy atom. The highest BCUT2D eigenvalue weighted by Gasteiger charge is 2.17. The van der Waals surface area contributed by atoms with Gasteiger partial charge in [-0.1, -0.05) is 28.1 Å². The molecule has 2 rings (SSSR count). The lowest BCUT2D eigenvalue weighted by Gasteiger charge is -2.15. The van der Waals surface area contributed by atoms with Crippen LogP contribution in [0.5, 0.6) is 0 Å². The van der Waals surface area contributed by atoms with Crippen molar-refractivity contribution in [1.82, 2.24) is 9.78 Å². The zero-order valence-electron chi connectivity index (χ0n) is 10.9. The molecule has 0 saturated carbocycles. The molecule has 0 aliphatic carbocycles. The van der Waals surface area contributed by atoms with Crippen molar-refractivity contribution in [3.63, 3.8) is 0 Å². The van der Waals surface area contributed by atoms with Crippen molar-refractivity contribution < 1.29 is 5.11 Å². The molecule has 2 aromatic rings. The minimum absolute atomic E-state index is 0.0826. The van der Waals surface area contributed by atoms with E-state index in [1.807, 2.05) is 42.9 Å². The summed E-state index contributed by atoms with van der Waals surface area (Å²) < 4.78 is 3.96. The van der Waals surface area contributed by atoms with Crippen molar-refractivity contribution in [2.45, 2.75) is 19.3 Å². The normalized spacial score (nSPS) is 12.7. The zero-order valence-corrected chi connectivity index (χ0v) is 14.1. The van der Waals surface area contributed by atoms with Crippen LogP contribution in [-0.4, -0.2) is 21.5 Å². The minimum Gasteiger partial charge on any atom is -0.396 e. The number of hydrogen-bond donors (Lipinski definition) is 1. The van der Waals surface area contributed by atoms with Gasteiger partial charge in [0.2, 0.25) is 0 Å². The molecule has 3 nitrogen and oxygen atoms in total. The fraction of sp³-hybridized carbons (Fsp3) is 0.357. The number of aryl methyl sites for hydroxylation is 2. The van der Waals surface area contributed by atoms with Crippen LogP contribution >= 0.6 is 31.9 Å². The molecular formula is C14H16Br2N2O. The van der Waals surface area contributed by atoms with Crippen LogP contribution in [0.25, 0.3) is 0 Å². The van der Waals surface area contributed by atoms with Gasteiger partial charge >= 0.3 is 0 Å². The van der Waals surface area contributed by atoms with Crippen molar-refractivity contribution in [2.24, 2.45) is 7.05 Å². The zero-order chi connectivity index (χ0) is 14.0. The summed E-state index contributed by atoms with van der Waals surface area (Å²) in [6, 6.07) is 8.09. The van der Waals surface area contributed by atoms with Gasteiger partial charge in [-0.2, -0.15) is 5.10 Å². The average molecular weight is 388 g/mol. The summed E-state index contributed by atoms with van der Waals surface area (Å²) in [6.07, 6.45) is 0.760. The fourth-order valence-electron chi connectivity index (χ4n) is 2.16. The molecule has 1 aromatic heterocycles. The van der Waals surface area contributed by atoms with Gasteiger partial charge in [0, 0.05) is 17.4 Å². The molecule has 0 fully saturated rings. The predicted octanol–water partition coefficient (Wildman–Crippen LogP) is 3.57. The van der Waals surface area contributed by atoms with E-state index in [2.05, 4.69) is 37.0 Å². The van der Waals surface area contributed by atoms with Crippen LogP contribution in [0.3, 0.4) is 0 Å². The fourth-order valence-corrected chi connectivity index (χ4v) is 2.92. The molecule has 0 aliphatic heterocycles. The summed E-state index contributed by atoms with van der Waals surface area (Å²) in [4.78, 5) is 0. The summed E-state index contributed by atoms with van der Waals surface area (Å²) in [5.74, 6) is 0.0826. The lowest BCUT2D eigenvalue weighted by Crippen LogP contribution is -2.11. The Labute approximate surface area is 129 Å². The SMILES string of the molecule is Cc1nn(C)c(CC(CO)c2ccc(Br)cc2)c1Br. The monoisotopic (exact) mass is 386 g/mol. The predicted molar refractivity (Wildman–Crippen MR) is 83.3 cm³/mol. The molecule has 1 unspecified atom stereocenters. The second-order valence-corrected chi connectivity index (χ2v) is 6.31. The van der Waals surface area contributed by atoms with Gasteiger partial charge < -0.3 is 5.11 Å². The van der Waals surface area contributed by atoms with E-state index in [0.29, 0.717) is 0 Å². The number of hydrogen-bond acceptors (Lipinski definition) is 2. The molecule has 1 heterocycles. The highest BCUT2D eigenvalue weighted by molar-refractivity contribution is 9.10. The molecule has 1 aromatic carbocycles. The molecule has 19 heavy (non-hydrogen) atoms. The number of aliphatic hydroxyl groups is 1. The Bertz CT molecular complexity index is 564. The van der Waals surface area contributed by atoms with Crippen LogP contribution in [0.1, 0.15) is 22.9 Å². The molecule has 102 valence electrons. The highest BCUT2D eigenvalue weighted by atomic mass is 79.9. The Hall–Kier alpha value is -0.650. The van der Waals surface area contributed by atoms with Crippen molar-refractivity contribution in [3.05, 3.63) is 50.2 Å². The molecule has 5 heteroatoms. The van der Waals surface area contributed by atoms with E-state index in [0.717, 1.165) is 32.3 Å². The van der Waals surface area contributed by atoms with Crippen LogP contribution < -0.4 is 0 Å². The van der Waals surface area contributed by atoms with E-state index in [-0.39, 0.29) is 12.5 Å². The van der Waals surface area contributed by atoms with Gasteiger partial charge in [-0.25, -0.2) is 0 Å². The maximum atomic E-state index is 9.64. The van der Waals surface area contributed by atoms with E-state index in [4.69, 9.17) is 0 Å². The Morgan fingerprint density at radius 3 is 2.37 bits per heavy atom. The van der Waals surface area contributed by atoms with Gasteiger partial charge in [-0.3, -0.25) is 4.68 Å². The van der Waals surface area contributed by atoms with Crippen molar-refractivity contribution >= 4 is 31.9 Å². The molecule has 1 atom stereocenters. The van der Waals surface area contributed by atoms with Gasteiger partial charge in [0.05, 0.1) is 22.5 Å². The summed E-state index contributed by atoms with van der Waals surface area (Å²) >= 11 is 7.00. The number of aliphatic hydroxyl groups excluding tert-OH is 1. The lowest BCUT2D eigenvalue weighted by atomic mass is 9.95. The summed E-state index contributed by atoms with van der Waals surface area (Å²) in [5.41, 5.74) is 3.22. The van der Waals surface area contributed by atoms with Gasteiger partial charge in [0.1, 0.15) is 0 Å². The van der Waals surface area contributed by atoms with E-state index in [9.17, 15) is 5.11 Å². The van der Waals surface area contributed by atoms with Crippen molar-refractivity contribution in [3.8, 4) is 0 Å². The molecule has 0 amide bonds. The Kier molecular flexibility index (Phi) is 4.81. The van der Waals surface area contributed by atoms with E-state index < -0.39 is 0 Å². The van der Waals surface area contributed by atoms with Crippen molar-refractivity contribution in [1.29, 1.82) is 0 Å². The second-order valence-electron chi connectivity index (χ2n) is 4.60. The second kappa shape index (κ2) is 6.20. The first kappa shape index (κ1) is 14.8. The molecule has 0 spiro atoms. The molecule has 0 saturated heterocycles. The van der Waals surface area contributed by atoms with E-state index >= 15 is 0 Å². The standard InChI is InChI=1S/C14H16Br2N2O/c1-9-14(16)13(18(2)17-9)7-11(8-19)10-3-5-12(15)6-4-10/h3-6,11,19H,7-8H2,1-2H3. The topological polar surface area (TPSA) is 38.0 Å². The molecule has 0 bridgehead atoms. The maximum absolute atomic E-state index is 9.64. The third-order valence-electron chi connectivity index (χ3n) is 3.26. The van der Waals surface area contributed by atoms with Gasteiger partial charge in [-0.05, 0) is 47.0 Å². The van der Waals surface area contributed by atoms with E-state index in [1.54, 1.807) is 0 Å². The quantitative estimate of drug-likeness (QED) is 0.870. The third kappa shape index (κ3) is 3.27. The number of halogens is 2. The van der Waals surface area contributed by atoms with Gasteiger partial charge in [-0.15, -0.1) is 0 Å². The van der Waals surface area contributed by atoms with Gasteiger partial charge in [0.25, 0.3) is 0 Å². The number of nitrogens with zero attached hydrogens (tertiary/aromatic N) is 2. The first-order valence-electron chi connectivity index (χ1n) is 6.07. The number of benzene rings is 1. The van der Waals surface area contributed by atoms with Crippen LogP contribution in [-0.2, 0) is 13.5 Å². The summed E-state index contributed by atoms with van der Waals surface area (Å²) in [7, 11) is 1.93. The minimum atomic E-state index is 0.0826. The van der Waals surface area contributed by atoms with Crippen LogP contribution in [0.2, 0.25) is 0 Å². The average Bonchev–Trinajstić information content (AvgIpc) is 2.63. The van der Waals surface area contributed by atoms with Gasteiger partial charge in [0.15, 0.2) is 0 Å². The largest absolute Gasteiger partial charge is 0.396 e. The van der Waals surface area contributed by atoms with Crippen LogP contribution in [0.4, 0.5) is 0 Å². The molecule has 0 radical (unpaired) electrons. The summed E-state index contributed by atoms with van der Waals surface area (Å²) in [6.45, 7) is 2.10. The molecule has 0 aliphatic rings. The maximum Gasteiger partial charge on any atom is 0.0738 e. The molecule has 1 N–H and O–H groups in total. The van der Waals surface area contributed by atoms with Crippen LogP contribution in [0, 0.1) is 6.92 Å². The lowest BCUT2D eigenvalue weighted by molar-refractivity contribution is 0.263. The Morgan fingerprint density at radius 2 is 1.89 bits per heavy atom. The first-order valence-corrected chi connectivity index (χ1v) is 7.65. The van der Waals surface area contributed by atoms with E-state index in [1.165, 1.54) is 0 Å². The third-order valence-corrected chi connectivity index (χ3v) is 4.82. The molecular weight excluding hydrogens is 372 g/mol. The smallest absolute Gasteiger partial charge is 0.0738 e. The highest BCUT2D eigenvalue weighted by Crippen LogP contribution is 2.27. The number of aromatic nitrogens is 2.